The molecule has 15 atom stereocenters. The third kappa shape index (κ3) is 7.05. The van der Waals surface area contributed by atoms with Crippen molar-refractivity contribution in [2.24, 2.45) is 0 Å². The van der Waals surface area contributed by atoms with Crippen molar-refractivity contribution in [3.63, 3.8) is 0 Å². The van der Waals surface area contributed by atoms with Crippen molar-refractivity contribution in [2.45, 2.75) is 106 Å². The molecule has 18 nitrogen and oxygen atoms in total. The molecule has 2 amide bonds. The predicted octanol–water partition coefficient (Wildman–Crippen LogP) is -7.29. The van der Waals surface area contributed by atoms with E-state index >= 15 is 0 Å². The summed E-state index contributed by atoms with van der Waals surface area (Å²) in [5, 5.41) is 96.9. The molecule has 232 valence electrons. The first-order valence-electron chi connectivity index (χ1n) is 12.6. The Morgan fingerprint density at radius 2 is 1.07 bits per heavy atom. The fraction of sp³-hybridized carbons (Fsp3) is 0.909. The Hall–Kier alpha value is -1.62. The van der Waals surface area contributed by atoms with Gasteiger partial charge in [0, 0.05) is 13.8 Å². The van der Waals surface area contributed by atoms with Crippen molar-refractivity contribution < 1.29 is 79.2 Å². The number of nitrogens with one attached hydrogen (secondary N) is 2. The zero-order valence-corrected chi connectivity index (χ0v) is 21.7. The highest BCUT2D eigenvalue weighted by Crippen LogP contribution is 2.32. The summed E-state index contributed by atoms with van der Waals surface area (Å²) in [5.74, 6) is -1.26. The van der Waals surface area contributed by atoms with E-state index in [9.17, 15) is 55.5 Å². The van der Waals surface area contributed by atoms with Crippen LogP contribution in [-0.4, -0.2) is 170 Å². The van der Waals surface area contributed by atoms with Gasteiger partial charge in [-0.1, -0.05) is 0 Å². The maximum atomic E-state index is 11.7. The summed E-state index contributed by atoms with van der Waals surface area (Å²) in [6, 6.07) is -2.79. The minimum Gasteiger partial charge on any atom is -0.394 e. The number of carbonyl (C=O) groups is 2. The highest BCUT2D eigenvalue weighted by Gasteiger charge is 2.53. The molecule has 18 heteroatoms. The van der Waals surface area contributed by atoms with E-state index in [2.05, 4.69) is 10.6 Å². The summed E-state index contributed by atoms with van der Waals surface area (Å²) in [6.07, 6.45) is -21.1. The Kier molecular flexibility index (Phi) is 11.5. The second-order valence-electron chi connectivity index (χ2n) is 9.81. The van der Waals surface area contributed by atoms with Gasteiger partial charge in [-0.3, -0.25) is 9.59 Å². The van der Waals surface area contributed by atoms with Crippen molar-refractivity contribution in [3.05, 3.63) is 0 Å². The number of hydrogen-bond donors (Lipinski definition) is 11. The minimum absolute atomic E-state index is 0.624. The van der Waals surface area contributed by atoms with Crippen molar-refractivity contribution >= 4 is 11.8 Å². The van der Waals surface area contributed by atoms with Crippen LogP contribution in [-0.2, 0) is 33.3 Å². The molecule has 40 heavy (non-hydrogen) atoms. The zero-order valence-electron chi connectivity index (χ0n) is 21.7. The van der Waals surface area contributed by atoms with E-state index in [1.807, 2.05) is 0 Å². The number of hydrogen-bond acceptors (Lipinski definition) is 16. The van der Waals surface area contributed by atoms with Gasteiger partial charge >= 0.3 is 0 Å². The van der Waals surface area contributed by atoms with E-state index in [-0.39, 0.29) is 0 Å². The van der Waals surface area contributed by atoms with E-state index in [0.717, 1.165) is 13.8 Å². The summed E-state index contributed by atoms with van der Waals surface area (Å²) < 4.78 is 27.5. The van der Waals surface area contributed by atoms with E-state index in [4.69, 9.17) is 23.7 Å². The number of aliphatic hydroxyl groups is 9. The molecule has 3 saturated heterocycles. The van der Waals surface area contributed by atoms with Crippen LogP contribution in [0.15, 0.2) is 0 Å². The molecule has 0 aromatic heterocycles. The van der Waals surface area contributed by atoms with Crippen LogP contribution < -0.4 is 10.6 Å². The van der Waals surface area contributed by atoms with Gasteiger partial charge in [-0.25, -0.2) is 0 Å². The van der Waals surface area contributed by atoms with Crippen LogP contribution in [0, 0.1) is 0 Å². The van der Waals surface area contributed by atoms with Crippen LogP contribution in [0.5, 0.6) is 0 Å². The number of carbonyl (C=O) groups excluding carboxylic acids is 2. The molecule has 0 aromatic carbocycles. The van der Waals surface area contributed by atoms with E-state index < -0.39 is 124 Å². The molecule has 0 aromatic rings. The van der Waals surface area contributed by atoms with Gasteiger partial charge < -0.3 is 80.3 Å². The summed E-state index contributed by atoms with van der Waals surface area (Å²) >= 11 is 0. The summed E-state index contributed by atoms with van der Waals surface area (Å²) in [4.78, 5) is 23.2. The number of amides is 2. The lowest BCUT2D eigenvalue weighted by Crippen LogP contribution is -2.69. The van der Waals surface area contributed by atoms with Gasteiger partial charge in [-0.05, 0) is 0 Å². The molecule has 3 fully saturated rings. The predicted molar refractivity (Wildman–Crippen MR) is 124 cm³/mol. The van der Waals surface area contributed by atoms with Crippen LogP contribution in [0.2, 0.25) is 0 Å². The Morgan fingerprint density at radius 1 is 0.600 bits per heavy atom. The highest BCUT2D eigenvalue weighted by molar-refractivity contribution is 5.73. The Labute approximate surface area is 228 Å². The molecule has 0 saturated carbocycles. The Morgan fingerprint density at radius 3 is 1.62 bits per heavy atom. The lowest BCUT2D eigenvalue weighted by Gasteiger charge is -2.48. The topological polar surface area (TPSA) is 286 Å². The Balaban J connectivity index is 1.78. The van der Waals surface area contributed by atoms with Crippen molar-refractivity contribution in [1.82, 2.24) is 10.6 Å². The van der Waals surface area contributed by atoms with Crippen LogP contribution in [0.25, 0.3) is 0 Å². The molecule has 0 unspecified atom stereocenters. The van der Waals surface area contributed by atoms with Crippen molar-refractivity contribution in [2.75, 3.05) is 19.8 Å². The third-order valence-electron chi connectivity index (χ3n) is 6.90. The molecular weight excluding hydrogens is 548 g/mol. The maximum Gasteiger partial charge on any atom is 0.217 e. The molecular formula is C22H38N2O16. The fourth-order valence-corrected chi connectivity index (χ4v) is 4.87. The monoisotopic (exact) mass is 586 g/mol. The largest absolute Gasteiger partial charge is 0.394 e. The van der Waals surface area contributed by atoms with Gasteiger partial charge in [0.2, 0.25) is 11.8 Å². The maximum absolute atomic E-state index is 11.7. The van der Waals surface area contributed by atoms with E-state index in [0.29, 0.717) is 0 Å². The molecule has 0 spiro atoms. The fourth-order valence-electron chi connectivity index (χ4n) is 4.87. The Bertz CT molecular complexity index is 852. The van der Waals surface area contributed by atoms with Gasteiger partial charge in [-0.15, -0.1) is 0 Å². The first-order valence-corrected chi connectivity index (χ1v) is 12.6. The number of rotatable bonds is 9. The standard InChI is InChI=1S/C22H38N2O16/c1-6(28)23-11-15(32)18(9(4-26)36-20(11)35)40-22-17(34)16(33)19(10(5-27)38-22)39-21-12(24-7(2)29)14(31)13(30)8(3-25)37-21/h8-22,25-27,30-35H,3-5H2,1-2H3,(H,23,28)(H,24,29)/t8-,9-,10-,11-,12-,13-,14-,15-,16-,17+,18-,19-,20-,21+,22+/m1/s1. The van der Waals surface area contributed by atoms with Gasteiger partial charge in [0.05, 0.1) is 19.8 Å². The number of ether oxygens (including phenoxy) is 5. The van der Waals surface area contributed by atoms with Crippen molar-refractivity contribution in [1.29, 1.82) is 0 Å². The summed E-state index contributed by atoms with van der Waals surface area (Å²) in [7, 11) is 0. The van der Waals surface area contributed by atoms with Crippen LogP contribution in [0.3, 0.4) is 0 Å². The number of aliphatic hydroxyl groups excluding tert-OH is 9. The molecule has 3 rings (SSSR count). The molecule has 0 aliphatic carbocycles. The van der Waals surface area contributed by atoms with Crippen LogP contribution in [0.4, 0.5) is 0 Å². The first kappa shape index (κ1) is 32.9. The van der Waals surface area contributed by atoms with Gasteiger partial charge in [0.25, 0.3) is 0 Å². The first-order chi connectivity index (χ1) is 18.8. The minimum atomic E-state index is -1.93. The highest BCUT2D eigenvalue weighted by atomic mass is 16.7. The lowest BCUT2D eigenvalue weighted by atomic mass is 9.94. The summed E-state index contributed by atoms with van der Waals surface area (Å²) in [6.45, 7) is -0.106. The summed E-state index contributed by atoms with van der Waals surface area (Å²) in [5.41, 5.74) is 0. The zero-order chi connectivity index (χ0) is 29.9. The van der Waals surface area contributed by atoms with E-state index in [1.165, 1.54) is 0 Å². The SMILES string of the molecule is CC(=O)N[C@@H]1[C@@H](O)[C@H](O[C@@H]2O[C@H](CO)[C@@H](O[C@@H]3O[C@H](CO)[C@@H](O)[C@H](O)[C@H]3NC(C)=O)[C@H](O)[C@@H]2O)[C@@H](CO)O[C@H]1O. The van der Waals surface area contributed by atoms with Gasteiger partial charge in [0.1, 0.15) is 73.1 Å². The second kappa shape index (κ2) is 14.0. The van der Waals surface area contributed by atoms with Gasteiger partial charge in [-0.2, -0.15) is 0 Å². The molecule has 0 bridgehead atoms. The molecule has 3 aliphatic rings. The van der Waals surface area contributed by atoms with E-state index in [1.54, 1.807) is 0 Å². The molecule has 11 N–H and O–H groups in total. The van der Waals surface area contributed by atoms with Crippen LogP contribution in [0.1, 0.15) is 13.8 Å². The normalized spacial score (nSPS) is 46.0. The molecule has 0 radical (unpaired) electrons. The second-order valence-corrected chi connectivity index (χ2v) is 9.81. The van der Waals surface area contributed by atoms with Crippen molar-refractivity contribution in [3.8, 4) is 0 Å². The van der Waals surface area contributed by atoms with Crippen LogP contribution >= 0.6 is 0 Å². The third-order valence-corrected chi connectivity index (χ3v) is 6.90. The average Bonchev–Trinajstić information content (AvgIpc) is 2.90. The van der Waals surface area contributed by atoms with Gasteiger partial charge in [0.15, 0.2) is 18.9 Å². The smallest absolute Gasteiger partial charge is 0.217 e. The average molecular weight is 587 g/mol. The quantitative estimate of drug-likeness (QED) is 0.120. The molecule has 3 aliphatic heterocycles. The molecule has 3 heterocycles. The lowest BCUT2D eigenvalue weighted by molar-refractivity contribution is -0.366.